The summed E-state index contributed by atoms with van der Waals surface area (Å²) in [5, 5.41) is 4.30. The average molecular weight is 428 g/mol. The van der Waals surface area contributed by atoms with E-state index < -0.39 is 0 Å². The van der Waals surface area contributed by atoms with E-state index in [0.29, 0.717) is 17.2 Å². The number of hydrogen-bond donors (Lipinski definition) is 2. The Labute approximate surface area is 186 Å². The van der Waals surface area contributed by atoms with Gasteiger partial charge in [0.1, 0.15) is 11.5 Å². The average Bonchev–Trinajstić information content (AvgIpc) is 3.14. The van der Waals surface area contributed by atoms with E-state index in [1.807, 2.05) is 23.1 Å². The van der Waals surface area contributed by atoms with Crippen molar-refractivity contribution in [2.75, 3.05) is 38.5 Å². The second-order valence-electron chi connectivity index (χ2n) is 8.07. The molecule has 4 aromatic rings. The number of amides is 1. The first-order valence-corrected chi connectivity index (χ1v) is 10.8. The predicted octanol–water partition coefficient (Wildman–Crippen LogP) is 3.54. The number of nitrogens with zero attached hydrogens (tertiary/aromatic N) is 5. The van der Waals surface area contributed by atoms with Crippen molar-refractivity contribution in [2.45, 2.75) is 6.42 Å². The number of hydrogen-bond acceptors (Lipinski definition) is 6. The smallest absolute Gasteiger partial charge is 0.255 e. The van der Waals surface area contributed by atoms with Crippen LogP contribution in [0.15, 0.2) is 61.1 Å². The van der Waals surface area contributed by atoms with Gasteiger partial charge in [0, 0.05) is 36.7 Å². The number of para-hydroxylation sites is 1. The molecule has 0 radical (unpaired) electrons. The van der Waals surface area contributed by atoms with Crippen molar-refractivity contribution in [3.05, 3.63) is 66.6 Å². The number of fused-ring (bicyclic) bond motifs is 1. The molecule has 8 heteroatoms. The normalized spacial score (nSPS) is 15.0. The van der Waals surface area contributed by atoms with E-state index in [1.54, 1.807) is 30.7 Å². The molecule has 1 amide bonds. The van der Waals surface area contributed by atoms with Crippen LogP contribution in [0, 0.1) is 0 Å². The number of pyridine rings is 1. The van der Waals surface area contributed by atoms with Crippen LogP contribution in [0.2, 0.25) is 0 Å². The van der Waals surface area contributed by atoms with Gasteiger partial charge in [0.05, 0.1) is 23.7 Å². The van der Waals surface area contributed by atoms with Gasteiger partial charge < -0.3 is 20.1 Å². The van der Waals surface area contributed by atoms with Gasteiger partial charge in [0.25, 0.3) is 5.91 Å². The number of anilines is 2. The van der Waals surface area contributed by atoms with Crippen molar-refractivity contribution < 1.29 is 4.79 Å². The predicted molar refractivity (Wildman–Crippen MR) is 125 cm³/mol. The number of H-pyrrole nitrogens is 1. The summed E-state index contributed by atoms with van der Waals surface area (Å²) >= 11 is 0. The molecule has 1 aliphatic heterocycles. The number of rotatable bonds is 4. The molecule has 0 unspecified atom stereocenters. The summed E-state index contributed by atoms with van der Waals surface area (Å²) in [4.78, 5) is 33.7. The van der Waals surface area contributed by atoms with Gasteiger partial charge in [-0.2, -0.15) is 0 Å². The van der Waals surface area contributed by atoms with Gasteiger partial charge in [-0.3, -0.25) is 9.78 Å². The number of aromatic nitrogens is 4. The van der Waals surface area contributed by atoms with Crippen LogP contribution in [0.4, 0.5) is 11.6 Å². The molecule has 0 saturated carbocycles. The van der Waals surface area contributed by atoms with E-state index in [4.69, 9.17) is 0 Å². The highest BCUT2D eigenvalue weighted by atomic mass is 16.2. The van der Waals surface area contributed by atoms with Crippen molar-refractivity contribution in [3.63, 3.8) is 0 Å². The Kier molecular flexibility index (Phi) is 5.51. The maximum absolute atomic E-state index is 12.8. The van der Waals surface area contributed by atoms with Gasteiger partial charge in [-0.25, -0.2) is 9.97 Å². The quantitative estimate of drug-likeness (QED) is 0.518. The number of carbonyl (C=O) groups is 1. The van der Waals surface area contributed by atoms with Crippen LogP contribution >= 0.6 is 0 Å². The number of aromatic amines is 1. The molecule has 0 aliphatic carbocycles. The fourth-order valence-electron chi connectivity index (χ4n) is 3.93. The fourth-order valence-corrected chi connectivity index (χ4v) is 3.93. The Bertz CT molecular complexity index is 1200. The molecule has 0 spiro atoms. The molecule has 0 atom stereocenters. The molecule has 1 aliphatic rings. The molecule has 0 bridgehead atoms. The van der Waals surface area contributed by atoms with Crippen molar-refractivity contribution in [1.82, 2.24) is 29.7 Å². The van der Waals surface area contributed by atoms with Gasteiger partial charge in [0.2, 0.25) is 0 Å². The Morgan fingerprint density at radius 1 is 1.00 bits per heavy atom. The standard InChI is InChI=1S/C24H25N7O/c1-30-9-4-10-31(12-11-30)24(32)18-7-8-22(26-14-18)29-23-16-25-15-21(28-23)20-13-17-5-2-3-6-19(17)27-20/h2-3,5-8,13-16,27H,4,9-12H2,1H3,(H,26,28,29). The third-order valence-electron chi connectivity index (χ3n) is 5.71. The lowest BCUT2D eigenvalue weighted by Gasteiger charge is -2.20. The molecular weight excluding hydrogens is 402 g/mol. The van der Waals surface area contributed by atoms with Gasteiger partial charge >= 0.3 is 0 Å². The van der Waals surface area contributed by atoms with Crippen molar-refractivity contribution in [3.8, 4) is 11.4 Å². The first-order chi connectivity index (χ1) is 15.7. The molecule has 1 aromatic carbocycles. The Morgan fingerprint density at radius 2 is 1.91 bits per heavy atom. The molecule has 3 aromatic heterocycles. The minimum atomic E-state index is 0.0277. The molecule has 32 heavy (non-hydrogen) atoms. The SMILES string of the molecule is CN1CCCN(C(=O)c2ccc(Nc3cncc(-c4cc5ccccc5[nH]4)n3)nc2)CC1. The van der Waals surface area contributed by atoms with E-state index in [-0.39, 0.29) is 5.91 Å². The van der Waals surface area contributed by atoms with Gasteiger partial charge in [-0.05, 0) is 44.3 Å². The monoisotopic (exact) mass is 427 g/mol. The number of benzene rings is 1. The van der Waals surface area contributed by atoms with Crippen LogP contribution in [0.3, 0.4) is 0 Å². The van der Waals surface area contributed by atoms with Crippen molar-refractivity contribution in [1.29, 1.82) is 0 Å². The lowest BCUT2D eigenvalue weighted by atomic mass is 10.2. The summed E-state index contributed by atoms with van der Waals surface area (Å²) in [7, 11) is 2.09. The Morgan fingerprint density at radius 3 is 2.75 bits per heavy atom. The van der Waals surface area contributed by atoms with Crippen LogP contribution in [0.5, 0.6) is 0 Å². The molecule has 1 saturated heterocycles. The third-order valence-corrected chi connectivity index (χ3v) is 5.71. The van der Waals surface area contributed by atoms with Crippen LogP contribution in [0.25, 0.3) is 22.3 Å². The molecule has 4 heterocycles. The van der Waals surface area contributed by atoms with Gasteiger partial charge in [-0.15, -0.1) is 0 Å². The lowest BCUT2D eigenvalue weighted by molar-refractivity contribution is 0.0762. The zero-order valence-corrected chi connectivity index (χ0v) is 18.0. The van der Waals surface area contributed by atoms with E-state index in [2.05, 4.69) is 49.3 Å². The lowest BCUT2D eigenvalue weighted by Crippen LogP contribution is -2.34. The number of nitrogens with one attached hydrogen (secondary N) is 2. The maximum Gasteiger partial charge on any atom is 0.255 e. The van der Waals surface area contributed by atoms with Crippen LogP contribution in [-0.4, -0.2) is 68.9 Å². The molecule has 2 N–H and O–H groups in total. The van der Waals surface area contributed by atoms with E-state index in [9.17, 15) is 4.79 Å². The summed E-state index contributed by atoms with van der Waals surface area (Å²) < 4.78 is 0. The highest BCUT2D eigenvalue weighted by Gasteiger charge is 2.19. The molecule has 162 valence electrons. The zero-order valence-electron chi connectivity index (χ0n) is 18.0. The van der Waals surface area contributed by atoms with E-state index >= 15 is 0 Å². The van der Waals surface area contributed by atoms with Crippen molar-refractivity contribution >= 4 is 28.4 Å². The molecule has 1 fully saturated rings. The largest absolute Gasteiger partial charge is 0.353 e. The molecule has 5 rings (SSSR count). The highest BCUT2D eigenvalue weighted by molar-refractivity contribution is 5.94. The first kappa shape index (κ1) is 20.1. The topological polar surface area (TPSA) is 90.0 Å². The number of carbonyl (C=O) groups excluding carboxylic acids is 1. The molecule has 8 nitrogen and oxygen atoms in total. The van der Waals surface area contributed by atoms with E-state index in [0.717, 1.165) is 54.9 Å². The Hall–Kier alpha value is -3.78. The third kappa shape index (κ3) is 4.31. The summed E-state index contributed by atoms with van der Waals surface area (Å²) in [5.41, 5.74) is 3.29. The van der Waals surface area contributed by atoms with Gasteiger partial charge in [-0.1, -0.05) is 18.2 Å². The summed E-state index contributed by atoms with van der Waals surface area (Å²) in [5.74, 6) is 1.23. The second-order valence-corrected chi connectivity index (χ2v) is 8.07. The Balaban J connectivity index is 1.29. The summed E-state index contributed by atoms with van der Waals surface area (Å²) in [6.07, 6.45) is 5.99. The molecular formula is C24H25N7O. The van der Waals surface area contributed by atoms with Crippen LogP contribution < -0.4 is 5.32 Å². The first-order valence-electron chi connectivity index (χ1n) is 10.8. The van der Waals surface area contributed by atoms with Crippen LogP contribution in [0.1, 0.15) is 16.8 Å². The van der Waals surface area contributed by atoms with Gasteiger partial charge in [0.15, 0.2) is 5.82 Å². The number of likely N-dealkylation sites (N-methyl/N-ethyl adjacent to an activating group) is 1. The highest BCUT2D eigenvalue weighted by Crippen LogP contribution is 2.23. The van der Waals surface area contributed by atoms with Crippen LogP contribution in [-0.2, 0) is 0 Å². The summed E-state index contributed by atoms with van der Waals surface area (Å²) in [6, 6.07) is 13.8. The minimum absolute atomic E-state index is 0.0277. The summed E-state index contributed by atoms with van der Waals surface area (Å²) in [6.45, 7) is 3.43. The van der Waals surface area contributed by atoms with Crippen molar-refractivity contribution in [2.24, 2.45) is 0 Å². The second kappa shape index (κ2) is 8.76. The van der Waals surface area contributed by atoms with E-state index in [1.165, 1.54) is 0 Å². The zero-order chi connectivity index (χ0) is 21.9. The fraction of sp³-hybridized carbons (Fsp3) is 0.250. The minimum Gasteiger partial charge on any atom is -0.353 e. The maximum atomic E-state index is 12.8.